The Morgan fingerprint density at radius 2 is 1.58 bits per heavy atom. The van der Waals surface area contributed by atoms with Gasteiger partial charge in [-0.05, 0) is 66.5 Å². The van der Waals surface area contributed by atoms with Crippen molar-refractivity contribution in [1.29, 1.82) is 0 Å². The van der Waals surface area contributed by atoms with Crippen LogP contribution in [0.15, 0.2) is 46.2 Å². The van der Waals surface area contributed by atoms with Gasteiger partial charge in [0.15, 0.2) is 11.5 Å². The van der Waals surface area contributed by atoms with Crippen LogP contribution >= 0.6 is 11.6 Å². The Hall–Kier alpha value is -3.33. The van der Waals surface area contributed by atoms with E-state index in [1.807, 2.05) is 6.07 Å². The van der Waals surface area contributed by atoms with Crippen LogP contribution in [0.5, 0.6) is 11.5 Å². The van der Waals surface area contributed by atoms with E-state index in [4.69, 9.17) is 21.1 Å². The number of rotatable bonds is 19. The van der Waals surface area contributed by atoms with Gasteiger partial charge in [-0.2, -0.15) is 4.63 Å². The first-order valence-electron chi connectivity index (χ1n) is 17.9. The van der Waals surface area contributed by atoms with Crippen LogP contribution < -0.4 is 18.9 Å². The van der Waals surface area contributed by atoms with Crippen molar-refractivity contribution in [2.45, 2.75) is 121 Å². The highest BCUT2D eigenvalue weighted by atomic mass is 35.5. The quantitative estimate of drug-likeness (QED) is 0.0802. The Bertz CT molecular complexity index is 2050. The van der Waals surface area contributed by atoms with Gasteiger partial charge in [-0.3, -0.25) is 9.82 Å². The van der Waals surface area contributed by atoms with Crippen LogP contribution in [-0.4, -0.2) is 56.9 Å². The number of methoxy groups -OCH3 is 1. The zero-order valence-corrected chi connectivity index (χ0v) is 34.3. The topological polar surface area (TPSA) is 157 Å². The van der Waals surface area contributed by atoms with Gasteiger partial charge in [0.1, 0.15) is 26.3 Å². The molecule has 0 fully saturated rings. The van der Waals surface area contributed by atoms with Gasteiger partial charge in [0.25, 0.3) is 10.0 Å². The maximum Gasteiger partial charge on any atom is 0.265 e. The number of hydrogen-bond acceptors (Lipinski definition) is 8. The largest absolute Gasteiger partial charge is 0.495 e. The first-order valence-corrected chi connectivity index (χ1v) is 21.2. The number of sulfonamides is 2. The number of halogens is 1. The lowest BCUT2D eigenvalue weighted by molar-refractivity contribution is 0.283. The van der Waals surface area contributed by atoms with Gasteiger partial charge >= 0.3 is 0 Å². The molecule has 12 nitrogen and oxygen atoms in total. The third-order valence-electron chi connectivity index (χ3n) is 8.89. The monoisotopic (exact) mass is 778 g/mol. The van der Waals surface area contributed by atoms with Crippen LogP contribution in [0.25, 0.3) is 5.65 Å². The molecular formula is C37H55ClN6O6S2. The lowest BCUT2D eigenvalue weighted by Crippen LogP contribution is -2.29. The summed E-state index contributed by atoms with van der Waals surface area (Å²) in [6.07, 6.45) is 7.06. The second-order valence-corrected chi connectivity index (χ2v) is 19.1. The van der Waals surface area contributed by atoms with Gasteiger partial charge in [-0.25, -0.2) is 26.5 Å². The van der Waals surface area contributed by atoms with Crippen LogP contribution in [0, 0.1) is 12.3 Å². The minimum Gasteiger partial charge on any atom is -0.495 e. The number of ether oxygens (including phenoxy) is 2. The normalized spacial score (nSPS) is 13.4. The maximum atomic E-state index is 14.0. The molecule has 0 aliphatic rings. The molecule has 0 saturated carbocycles. The standard InChI is InChI=1S/C37H55ClN6O6S2/c1-10-11-12-13-14-15-20-50-30-19-17-28(43-52(47,48)31-21-27(16-18-29(31)49-9)37(7,8)24-36(4,5)6)22-32(30)51(45,46)39-23-25(2)34-40-35-33(38)26(3)41-44(35)42-34/h16-19,21-22,25,39,41,43H,10-15,20,23-24H2,1-9H3. The Kier molecular flexibility index (Phi) is 13.4. The van der Waals surface area contributed by atoms with Crippen molar-refractivity contribution < 1.29 is 26.3 Å². The molecular weight excluding hydrogens is 724 g/mol. The molecule has 0 spiro atoms. The highest BCUT2D eigenvalue weighted by Gasteiger charge is 2.31. The van der Waals surface area contributed by atoms with E-state index < -0.39 is 26.0 Å². The number of benzene rings is 2. The molecule has 1 atom stereocenters. The van der Waals surface area contributed by atoms with Crippen LogP contribution in [0.4, 0.5) is 5.69 Å². The van der Waals surface area contributed by atoms with Crippen LogP contribution in [0.2, 0.25) is 5.02 Å². The number of hydrogen-bond donors (Lipinski definition) is 3. The van der Waals surface area contributed by atoms with Crippen molar-refractivity contribution in [2.24, 2.45) is 5.41 Å². The first kappa shape index (κ1) is 41.4. The zero-order chi connectivity index (χ0) is 38.5. The predicted molar refractivity (Wildman–Crippen MR) is 207 cm³/mol. The molecule has 3 N–H and O–H groups in total. The molecule has 0 amide bonds. The number of nitrogens with one attached hydrogen (secondary N) is 3. The minimum atomic E-state index is -4.23. The average molecular weight is 779 g/mol. The molecule has 4 rings (SSSR count). The molecule has 2 aromatic heterocycles. The Morgan fingerprint density at radius 1 is 0.923 bits per heavy atom. The van der Waals surface area contributed by atoms with Crippen molar-refractivity contribution in [3.05, 3.63) is 58.5 Å². The van der Waals surface area contributed by atoms with Crippen molar-refractivity contribution in [1.82, 2.24) is 24.5 Å². The highest BCUT2D eigenvalue weighted by Crippen LogP contribution is 2.39. The number of nitrogens with zero attached hydrogens (tertiary/aromatic N) is 3. The van der Waals surface area contributed by atoms with Crippen LogP contribution in [0.3, 0.4) is 0 Å². The summed E-state index contributed by atoms with van der Waals surface area (Å²) >= 11 is 6.32. The molecule has 0 aliphatic heterocycles. The predicted octanol–water partition coefficient (Wildman–Crippen LogP) is 8.36. The van der Waals surface area contributed by atoms with E-state index in [9.17, 15) is 16.8 Å². The van der Waals surface area contributed by atoms with Gasteiger partial charge in [0.05, 0.1) is 25.1 Å². The molecule has 0 bridgehead atoms. The van der Waals surface area contributed by atoms with Gasteiger partial charge in [-0.1, -0.05) is 98.2 Å². The lowest BCUT2D eigenvalue weighted by Gasteiger charge is -2.33. The Labute approximate surface area is 314 Å². The van der Waals surface area contributed by atoms with E-state index in [2.05, 4.69) is 66.2 Å². The molecule has 0 radical (unpaired) electrons. The molecule has 2 heterocycles. The minimum absolute atomic E-state index is 0.00390. The fourth-order valence-electron chi connectivity index (χ4n) is 6.45. The molecule has 0 aliphatic carbocycles. The number of aryl methyl sites for hydroxylation is 1. The van der Waals surface area contributed by atoms with Crippen LogP contribution in [-0.2, 0) is 25.5 Å². The number of fused-ring (bicyclic) bond motifs is 1. The molecule has 4 aromatic rings. The first-order chi connectivity index (χ1) is 24.3. The number of H-pyrrole nitrogens is 1. The second-order valence-electron chi connectivity index (χ2n) is 15.4. The van der Waals surface area contributed by atoms with E-state index in [0.29, 0.717) is 23.1 Å². The average Bonchev–Trinajstić information content (AvgIpc) is 3.59. The van der Waals surface area contributed by atoms with Crippen molar-refractivity contribution in [3.8, 4) is 11.5 Å². The van der Waals surface area contributed by atoms with E-state index in [0.717, 1.165) is 49.8 Å². The summed E-state index contributed by atoms with van der Waals surface area (Å²) in [5, 5.41) is 7.86. The SMILES string of the molecule is CCCCCCCCOc1ccc(NS(=O)(=O)c2cc(C(C)(C)CC(C)(C)C)ccc2OC)cc1S(=O)(=O)NCC(C)c1nc2c(Cl)c(C)[nH]n2n1. The summed E-state index contributed by atoms with van der Waals surface area (Å²) in [4.78, 5) is 4.24. The summed E-state index contributed by atoms with van der Waals surface area (Å²) in [7, 11) is -7.03. The molecule has 1 unspecified atom stereocenters. The number of anilines is 1. The third-order valence-corrected chi connectivity index (χ3v) is 12.2. The maximum absolute atomic E-state index is 14.0. The smallest absolute Gasteiger partial charge is 0.265 e. The molecule has 0 saturated heterocycles. The van der Waals surface area contributed by atoms with Crippen molar-refractivity contribution in [3.63, 3.8) is 0 Å². The van der Waals surface area contributed by atoms with Gasteiger partial charge < -0.3 is 9.47 Å². The highest BCUT2D eigenvalue weighted by molar-refractivity contribution is 7.92. The summed E-state index contributed by atoms with van der Waals surface area (Å²) in [5.41, 5.74) is 1.73. The Balaban J connectivity index is 1.62. The fourth-order valence-corrected chi connectivity index (χ4v) is 9.16. The fraction of sp³-hybridized carbons (Fsp3) is 0.568. The Morgan fingerprint density at radius 3 is 2.23 bits per heavy atom. The second kappa shape index (κ2) is 16.8. The van der Waals surface area contributed by atoms with E-state index in [1.54, 1.807) is 26.0 Å². The summed E-state index contributed by atoms with van der Waals surface area (Å²) in [5.74, 6) is 0.275. The zero-order valence-electron chi connectivity index (χ0n) is 31.9. The molecule has 15 heteroatoms. The molecule has 52 heavy (non-hydrogen) atoms. The van der Waals surface area contributed by atoms with Crippen LogP contribution in [0.1, 0.15) is 116 Å². The third kappa shape index (κ3) is 10.4. The van der Waals surface area contributed by atoms with Crippen molar-refractivity contribution in [2.75, 3.05) is 25.0 Å². The van der Waals surface area contributed by atoms with Gasteiger partial charge in [-0.15, -0.1) is 5.10 Å². The summed E-state index contributed by atoms with van der Waals surface area (Å²) in [6, 6.07) is 9.42. The number of unbranched alkanes of at least 4 members (excludes halogenated alkanes) is 5. The van der Waals surface area contributed by atoms with E-state index >= 15 is 0 Å². The molecule has 288 valence electrons. The van der Waals surface area contributed by atoms with E-state index in [-0.39, 0.29) is 44.4 Å². The van der Waals surface area contributed by atoms with Gasteiger partial charge in [0.2, 0.25) is 10.0 Å². The lowest BCUT2D eigenvalue weighted by atomic mass is 9.72. The summed E-state index contributed by atoms with van der Waals surface area (Å²) in [6.45, 7) is 16.6. The van der Waals surface area contributed by atoms with E-state index in [1.165, 1.54) is 36.4 Å². The number of aromatic nitrogens is 4. The van der Waals surface area contributed by atoms with Gasteiger partial charge in [0, 0.05) is 12.5 Å². The van der Waals surface area contributed by atoms with Crippen molar-refractivity contribution >= 4 is 43.0 Å². The summed E-state index contributed by atoms with van der Waals surface area (Å²) < 4.78 is 73.9. The number of aromatic amines is 1. The molecule has 2 aromatic carbocycles.